The smallest absolute Gasteiger partial charge is 0.317 e. The standard InChI is InChI=1S/C19H25N3O4S/c1-19(2,24)16-7-6-12(10-25-16)21-18(23)22-8-13(9-22)26-14-4-3-5-15-17(14)20-11-27-15/h3-5,11-13,16,24H,6-10H2,1-2H3,(H,21,23)/t12-,16+/m0/s1. The fourth-order valence-electron chi connectivity index (χ4n) is 3.50. The van der Waals surface area contributed by atoms with Gasteiger partial charge in [0.05, 0.1) is 47.7 Å². The average Bonchev–Trinajstić information content (AvgIpc) is 3.06. The summed E-state index contributed by atoms with van der Waals surface area (Å²) in [6.07, 6.45) is 1.35. The van der Waals surface area contributed by atoms with E-state index in [-0.39, 0.29) is 24.3 Å². The monoisotopic (exact) mass is 391 g/mol. The molecule has 0 radical (unpaired) electrons. The van der Waals surface area contributed by atoms with E-state index in [0.717, 1.165) is 28.8 Å². The van der Waals surface area contributed by atoms with Crippen LogP contribution in [0.15, 0.2) is 23.7 Å². The number of fused-ring (bicyclic) bond motifs is 1. The number of benzene rings is 1. The summed E-state index contributed by atoms with van der Waals surface area (Å²) in [5.41, 5.74) is 1.84. The van der Waals surface area contributed by atoms with Gasteiger partial charge in [-0.2, -0.15) is 0 Å². The lowest BCUT2D eigenvalue weighted by Gasteiger charge is -2.41. The van der Waals surface area contributed by atoms with Crippen LogP contribution in [0.1, 0.15) is 26.7 Å². The number of para-hydroxylation sites is 1. The summed E-state index contributed by atoms with van der Waals surface area (Å²) in [5, 5.41) is 13.0. The number of nitrogens with zero attached hydrogens (tertiary/aromatic N) is 2. The molecule has 2 N–H and O–H groups in total. The Morgan fingerprint density at radius 3 is 2.93 bits per heavy atom. The maximum atomic E-state index is 12.4. The number of carbonyl (C=O) groups is 1. The Morgan fingerprint density at radius 2 is 2.22 bits per heavy atom. The zero-order chi connectivity index (χ0) is 19.0. The minimum absolute atomic E-state index is 0.00905. The van der Waals surface area contributed by atoms with Crippen LogP contribution in [0.5, 0.6) is 5.75 Å². The molecule has 2 atom stereocenters. The number of likely N-dealkylation sites (tertiary alicyclic amines) is 1. The largest absolute Gasteiger partial charge is 0.484 e. The van der Waals surface area contributed by atoms with E-state index in [9.17, 15) is 9.90 Å². The van der Waals surface area contributed by atoms with Gasteiger partial charge in [0.1, 0.15) is 17.4 Å². The molecule has 2 fully saturated rings. The van der Waals surface area contributed by atoms with Crippen molar-refractivity contribution in [2.45, 2.75) is 50.5 Å². The molecule has 8 heteroatoms. The molecule has 0 aliphatic carbocycles. The van der Waals surface area contributed by atoms with Crippen molar-refractivity contribution >= 4 is 27.6 Å². The Morgan fingerprint density at radius 1 is 1.41 bits per heavy atom. The highest BCUT2D eigenvalue weighted by atomic mass is 32.1. The van der Waals surface area contributed by atoms with Gasteiger partial charge in [-0.3, -0.25) is 0 Å². The molecule has 2 aliphatic rings. The Kier molecular flexibility index (Phi) is 4.96. The average molecular weight is 391 g/mol. The number of rotatable bonds is 4. The van der Waals surface area contributed by atoms with Crippen LogP contribution in [0, 0.1) is 0 Å². The van der Waals surface area contributed by atoms with Gasteiger partial charge in [-0.15, -0.1) is 11.3 Å². The van der Waals surface area contributed by atoms with E-state index in [1.54, 1.807) is 30.1 Å². The molecule has 2 amide bonds. The number of carbonyl (C=O) groups excluding carboxylic acids is 1. The third kappa shape index (κ3) is 4.02. The van der Waals surface area contributed by atoms with E-state index in [0.29, 0.717) is 19.7 Å². The van der Waals surface area contributed by atoms with Crippen molar-refractivity contribution in [3.05, 3.63) is 23.7 Å². The van der Waals surface area contributed by atoms with Gasteiger partial charge in [0.15, 0.2) is 0 Å². The summed E-state index contributed by atoms with van der Waals surface area (Å²) >= 11 is 1.59. The lowest BCUT2D eigenvalue weighted by molar-refractivity contribution is -0.114. The van der Waals surface area contributed by atoms with Crippen LogP contribution in [-0.2, 0) is 4.74 Å². The second-order valence-electron chi connectivity index (χ2n) is 7.80. The van der Waals surface area contributed by atoms with Crippen LogP contribution in [-0.4, -0.2) is 64.6 Å². The molecule has 2 saturated heterocycles. The Hall–Kier alpha value is -1.90. The predicted molar refractivity (Wildman–Crippen MR) is 103 cm³/mol. The molecule has 27 heavy (non-hydrogen) atoms. The first-order valence-corrected chi connectivity index (χ1v) is 10.2. The van der Waals surface area contributed by atoms with Crippen molar-refractivity contribution in [1.82, 2.24) is 15.2 Å². The minimum atomic E-state index is -0.850. The number of urea groups is 1. The maximum absolute atomic E-state index is 12.4. The van der Waals surface area contributed by atoms with Crippen LogP contribution in [0.3, 0.4) is 0 Å². The van der Waals surface area contributed by atoms with Crippen molar-refractivity contribution in [3.63, 3.8) is 0 Å². The molecule has 0 saturated carbocycles. The first-order chi connectivity index (χ1) is 12.9. The number of ether oxygens (including phenoxy) is 2. The molecule has 7 nitrogen and oxygen atoms in total. The van der Waals surface area contributed by atoms with Gasteiger partial charge >= 0.3 is 6.03 Å². The molecule has 2 aromatic rings. The number of aromatic nitrogens is 1. The lowest BCUT2D eigenvalue weighted by Crippen LogP contribution is -2.61. The normalized spacial score (nSPS) is 23.9. The first kappa shape index (κ1) is 18.5. The molecule has 0 bridgehead atoms. The number of aliphatic hydroxyl groups is 1. The Bertz CT molecular complexity index is 805. The van der Waals surface area contributed by atoms with E-state index in [1.165, 1.54) is 0 Å². The number of nitrogens with one attached hydrogen (secondary N) is 1. The molecule has 146 valence electrons. The van der Waals surface area contributed by atoms with Crippen molar-refractivity contribution in [1.29, 1.82) is 0 Å². The fourth-order valence-corrected chi connectivity index (χ4v) is 4.20. The fraction of sp³-hybridized carbons (Fsp3) is 0.579. The summed E-state index contributed by atoms with van der Waals surface area (Å²) in [4.78, 5) is 18.5. The third-order valence-corrected chi connectivity index (χ3v) is 5.94. The number of amides is 2. The first-order valence-electron chi connectivity index (χ1n) is 9.28. The molecule has 1 aromatic carbocycles. The molecule has 2 aliphatic heterocycles. The van der Waals surface area contributed by atoms with Crippen molar-refractivity contribution in [2.24, 2.45) is 0 Å². The number of hydrogen-bond acceptors (Lipinski definition) is 6. The van der Waals surface area contributed by atoms with Gasteiger partial charge in [-0.1, -0.05) is 6.07 Å². The number of thiazole rings is 1. The van der Waals surface area contributed by atoms with E-state index in [4.69, 9.17) is 9.47 Å². The van der Waals surface area contributed by atoms with Crippen molar-refractivity contribution in [2.75, 3.05) is 19.7 Å². The van der Waals surface area contributed by atoms with Gasteiger partial charge in [0, 0.05) is 0 Å². The maximum Gasteiger partial charge on any atom is 0.317 e. The second-order valence-corrected chi connectivity index (χ2v) is 8.69. The van der Waals surface area contributed by atoms with Gasteiger partial charge < -0.3 is 24.8 Å². The van der Waals surface area contributed by atoms with Gasteiger partial charge in [-0.25, -0.2) is 9.78 Å². The van der Waals surface area contributed by atoms with Crippen LogP contribution < -0.4 is 10.1 Å². The Labute approximate surface area is 162 Å². The zero-order valence-corrected chi connectivity index (χ0v) is 16.4. The molecular formula is C19H25N3O4S. The summed E-state index contributed by atoms with van der Waals surface area (Å²) < 4.78 is 12.8. The Balaban J connectivity index is 1.23. The summed E-state index contributed by atoms with van der Waals surface area (Å²) in [6.45, 7) is 5.06. The summed E-state index contributed by atoms with van der Waals surface area (Å²) in [6, 6.07) is 5.80. The summed E-state index contributed by atoms with van der Waals surface area (Å²) in [5.74, 6) is 0.775. The van der Waals surface area contributed by atoms with Gasteiger partial charge in [-0.05, 0) is 38.8 Å². The highest BCUT2D eigenvalue weighted by molar-refractivity contribution is 7.16. The van der Waals surface area contributed by atoms with Crippen LogP contribution in [0.2, 0.25) is 0 Å². The van der Waals surface area contributed by atoms with Crippen LogP contribution >= 0.6 is 11.3 Å². The van der Waals surface area contributed by atoms with E-state index < -0.39 is 5.60 Å². The molecule has 0 unspecified atom stereocenters. The van der Waals surface area contributed by atoms with E-state index >= 15 is 0 Å². The van der Waals surface area contributed by atoms with Gasteiger partial charge in [0.25, 0.3) is 0 Å². The molecular weight excluding hydrogens is 366 g/mol. The molecule has 1 aromatic heterocycles. The van der Waals surface area contributed by atoms with Crippen LogP contribution in [0.25, 0.3) is 10.2 Å². The topological polar surface area (TPSA) is 83.9 Å². The van der Waals surface area contributed by atoms with E-state index in [1.807, 2.05) is 23.7 Å². The summed E-state index contributed by atoms with van der Waals surface area (Å²) in [7, 11) is 0. The quantitative estimate of drug-likeness (QED) is 0.836. The highest BCUT2D eigenvalue weighted by Gasteiger charge is 2.36. The second kappa shape index (κ2) is 7.26. The molecule has 3 heterocycles. The molecule has 0 spiro atoms. The predicted octanol–water partition coefficient (Wildman–Crippen LogP) is 2.39. The highest BCUT2D eigenvalue weighted by Crippen LogP contribution is 2.29. The van der Waals surface area contributed by atoms with Crippen LogP contribution in [0.4, 0.5) is 4.79 Å². The van der Waals surface area contributed by atoms with Crippen molar-refractivity contribution < 1.29 is 19.4 Å². The number of hydrogen-bond donors (Lipinski definition) is 2. The third-order valence-electron chi connectivity index (χ3n) is 5.14. The van der Waals surface area contributed by atoms with Gasteiger partial charge in [0.2, 0.25) is 0 Å². The lowest BCUT2D eigenvalue weighted by atomic mass is 9.93. The minimum Gasteiger partial charge on any atom is -0.484 e. The molecule has 4 rings (SSSR count). The van der Waals surface area contributed by atoms with E-state index in [2.05, 4.69) is 10.3 Å². The SMILES string of the molecule is CC(C)(O)[C@H]1CC[C@H](NC(=O)N2CC(Oc3cccc4scnc34)C2)CO1. The van der Waals surface area contributed by atoms with Crippen molar-refractivity contribution in [3.8, 4) is 5.75 Å². The zero-order valence-electron chi connectivity index (χ0n) is 15.6.